The second-order valence-electron chi connectivity index (χ2n) is 7.28. The van der Waals surface area contributed by atoms with Gasteiger partial charge in [0.2, 0.25) is 11.0 Å². The van der Waals surface area contributed by atoms with Gasteiger partial charge in [-0.15, -0.1) is 10.2 Å². The summed E-state index contributed by atoms with van der Waals surface area (Å²) in [5, 5.41) is 11.6. The highest BCUT2D eigenvalue weighted by Crippen LogP contribution is 2.29. The summed E-state index contributed by atoms with van der Waals surface area (Å²) >= 11 is 2.70. The summed E-state index contributed by atoms with van der Waals surface area (Å²) in [7, 11) is 0. The number of hydrogen-bond donors (Lipinski definition) is 1. The Bertz CT molecular complexity index is 974. The second kappa shape index (κ2) is 10.0. The van der Waals surface area contributed by atoms with Crippen molar-refractivity contribution in [2.45, 2.75) is 23.6 Å². The minimum absolute atomic E-state index is 0.136. The Morgan fingerprint density at radius 1 is 1.10 bits per heavy atom. The molecule has 30 heavy (non-hydrogen) atoms. The van der Waals surface area contributed by atoms with E-state index in [1.54, 1.807) is 18.2 Å². The van der Waals surface area contributed by atoms with Crippen LogP contribution in [0.4, 0.5) is 15.2 Å². The maximum atomic E-state index is 13.7. The van der Waals surface area contributed by atoms with Gasteiger partial charge in [-0.05, 0) is 42.9 Å². The number of likely N-dealkylation sites (tertiary alicyclic amines) is 1. The summed E-state index contributed by atoms with van der Waals surface area (Å²) in [5.74, 6) is 0.779. The Kier molecular flexibility index (Phi) is 6.96. The molecule has 8 heteroatoms. The van der Waals surface area contributed by atoms with E-state index in [0.717, 1.165) is 32.4 Å². The van der Waals surface area contributed by atoms with E-state index in [0.29, 0.717) is 26.8 Å². The van der Waals surface area contributed by atoms with Crippen molar-refractivity contribution >= 4 is 39.8 Å². The lowest BCUT2D eigenvalue weighted by Crippen LogP contribution is -2.39. The topological polar surface area (TPSA) is 58.1 Å². The van der Waals surface area contributed by atoms with Crippen molar-refractivity contribution in [2.75, 3.05) is 24.2 Å². The molecule has 1 fully saturated rings. The van der Waals surface area contributed by atoms with E-state index in [9.17, 15) is 9.18 Å². The molecule has 0 bridgehead atoms. The van der Waals surface area contributed by atoms with Crippen LogP contribution in [0.5, 0.6) is 0 Å². The SMILES string of the molecule is O=C(CSc1nnc(Nc2ccccc2F)s1)N1CCC(Cc2ccccc2)CC1. The van der Waals surface area contributed by atoms with Crippen LogP contribution in [0.3, 0.4) is 0 Å². The quantitative estimate of drug-likeness (QED) is 0.522. The molecule has 1 aliphatic rings. The fraction of sp³-hybridized carbons (Fsp3) is 0.318. The third-order valence-electron chi connectivity index (χ3n) is 5.18. The van der Waals surface area contributed by atoms with Crippen LogP contribution in [0.25, 0.3) is 0 Å². The van der Waals surface area contributed by atoms with Crippen molar-refractivity contribution in [3.8, 4) is 0 Å². The number of hydrogen-bond acceptors (Lipinski definition) is 6. The Morgan fingerprint density at radius 2 is 1.83 bits per heavy atom. The molecule has 1 aliphatic heterocycles. The zero-order valence-electron chi connectivity index (χ0n) is 16.5. The lowest BCUT2D eigenvalue weighted by Gasteiger charge is -2.32. The number of nitrogens with zero attached hydrogens (tertiary/aromatic N) is 3. The normalized spacial score (nSPS) is 14.6. The van der Waals surface area contributed by atoms with Gasteiger partial charge in [0.05, 0.1) is 11.4 Å². The number of rotatable bonds is 7. The molecular weight excluding hydrogens is 419 g/mol. The number of halogens is 1. The van der Waals surface area contributed by atoms with Crippen LogP contribution in [0, 0.1) is 11.7 Å². The average molecular weight is 443 g/mol. The van der Waals surface area contributed by atoms with E-state index in [2.05, 4.69) is 39.8 Å². The molecule has 0 saturated carbocycles. The van der Waals surface area contributed by atoms with E-state index in [1.807, 2.05) is 11.0 Å². The Labute approximate surface area is 183 Å². The molecule has 1 saturated heterocycles. The largest absolute Gasteiger partial charge is 0.342 e. The molecule has 1 aromatic heterocycles. The Hall–Kier alpha value is -2.45. The first-order chi connectivity index (χ1) is 14.7. The number of nitrogens with one attached hydrogen (secondary N) is 1. The second-order valence-corrected chi connectivity index (χ2v) is 9.48. The van der Waals surface area contributed by atoms with Gasteiger partial charge in [0.15, 0.2) is 4.34 Å². The maximum absolute atomic E-state index is 13.7. The van der Waals surface area contributed by atoms with Crippen LogP contribution >= 0.6 is 23.1 Å². The molecule has 0 aliphatic carbocycles. The summed E-state index contributed by atoms with van der Waals surface area (Å²) in [4.78, 5) is 14.5. The molecule has 5 nitrogen and oxygen atoms in total. The lowest BCUT2D eigenvalue weighted by molar-refractivity contribution is -0.129. The zero-order chi connectivity index (χ0) is 20.8. The van der Waals surface area contributed by atoms with Crippen molar-refractivity contribution in [3.63, 3.8) is 0 Å². The van der Waals surface area contributed by atoms with Gasteiger partial charge in [-0.3, -0.25) is 4.79 Å². The van der Waals surface area contributed by atoms with Gasteiger partial charge >= 0.3 is 0 Å². The Morgan fingerprint density at radius 3 is 2.60 bits per heavy atom. The first kappa shape index (κ1) is 20.8. The average Bonchev–Trinajstić information content (AvgIpc) is 3.22. The predicted octanol–water partition coefficient (Wildman–Crippen LogP) is 4.99. The number of amides is 1. The van der Waals surface area contributed by atoms with Gasteiger partial charge in [-0.25, -0.2) is 4.39 Å². The van der Waals surface area contributed by atoms with Gasteiger partial charge < -0.3 is 10.2 Å². The smallest absolute Gasteiger partial charge is 0.233 e. The van der Waals surface area contributed by atoms with Gasteiger partial charge in [-0.2, -0.15) is 0 Å². The maximum Gasteiger partial charge on any atom is 0.233 e. The standard InChI is InChI=1S/C22H23FN4OS2/c23-18-8-4-5-9-19(18)24-21-25-26-22(30-21)29-15-20(28)27-12-10-17(11-13-27)14-16-6-2-1-3-7-16/h1-9,17H,10-15H2,(H,24,25). The van der Waals surface area contributed by atoms with Crippen molar-refractivity contribution < 1.29 is 9.18 Å². The minimum atomic E-state index is -0.340. The molecule has 0 radical (unpaired) electrons. The van der Waals surface area contributed by atoms with E-state index in [-0.39, 0.29) is 11.7 Å². The highest BCUT2D eigenvalue weighted by Gasteiger charge is 2.23. The van der Waals surface area contributed by atoms with Crippen LogP contribution in [-0.2, 0) is 11.2 Å². The van der Waals surface area contributed by atoms with Gasteiger partial charge in [0, 0.05) is 13.1 Å². The molecule has 0 atom stereocenters. The van der Waals surface area contributed by atoms with Crippen molar-refractivity contribution in [3.05, 3.63) is 66.0 Å². The van der Waals surface area contributed by atoms with E-state index < -0.39 is 0 Å². The van der Waals surface area contributed by atoms with Crippen LogP contribution < -0.4 is 5.32 Å². The molecule has 1 N–H and O–H groups in total. The lowest BCUT2D eigenvalue weighted by atomic mass is 9.90. The molecule has 1 amide bonds. The fourth-order valence-electron chi connectivity index (χ4n) is 3.55. The Balaban J connectivity index is 1.22. The van der Waals surface area contributed by atoms with Crippen LogP contribution in [-0.4, -0.2) is 39.8 Å². The van der Waals surface area contributed by atoms with Gasteiger partial charge in [0.1, 0.15) is 5.82 Å². The van der Waals surface area contributed by atoms with Crippen molar-refractivity contribution in [1.29, 1.82) is 0 Å². The molecule has 4 rings (SSSR count). The van der Waals surface area contributed by atoms with E-state index in [1.165, 1.54) is 34.7 Å². The number of benzene rings is 2. The fourth-order valence-corrected chi connectivity index (χ4v) is 5.21. The van der Waals surface area contributed by atoms with Crippen molar-refractivity contribution in [2.24, 2.45) is 5.92 Å². The van der Waals surface area contributed by atoms with E-state index in [4.69, 9.17) is 0 Å². The van der Waals surface area contributed by atoms with Crippen LogP contribution in [0.1, 0.15) is 18.4 Å². The number of thioether (sulfide) groups is 1. The minimum Gasteiger partial charge on any atom is -0.342 e. The summed E-state index contributed by atoms with van der Waals surface area (Å²) in [6.45, 7) is 1.63. The summed E-state index contributed by atoms with van der Waals surface area (Å²) in [5.41, 5.74) is 1.73. The molecule has 0 unspecified atom stereocenters. The number of carbonyl (C=O) groups is 1. The summed E-state index contributed by atoms with van der Waals surface area (Å²) in [6, 6.07) is 17.0. The molecular formula is C22H23FN4OS2. The number of anilines is 2. The van der Waals surface area contributed by atoms with Gasteiger partial charge in [0.25, 0.3) is 0 Å². The van der Waals surface area contributed by atoms with Crippen LogP contribution in [0.2, 0.25) is 0 Å². The van der Waals surface area contributed by atoms with Gasteiger partial charge in [-0.1, -0.05) is 65.6 Å². The molecule has 3 aromatic rings. The third-order valence-corrected chi connectivity index (χ3v) is 7.13. The summed E-state index contributed by atoms with van der Waals surface area (Å²) in [6.07, 6.45) is 3.17. The molecule has 2 heterocycles. The number of aromatic nitrogens is 2. The number of piperidine rings is 1. The molecule has 2 aromatic carbocycles. The van der Waals surface area contributed by atoms with E-state index >= 15 is 0 Å². The number of para-hydroxylation sites is 1. The first-order valence-corrected chi connectivity index (χ1v) is 11.8. The van der Waals surface area contributed by atoms with Crippen LogP contribution in [0.15, 0.2) is 58.9 Å². The highest BCUT2D eigenvalue weighted by atomic mass is 32.2. The van der Waals surface area contributed by atoms with Crippen molar-refractivity contribution in [1.82, 2.24) is 15.1 Å². The molecule has 156 valence electrons. The predicted molar refractivity (Wildman–Crippen MR) is 120 cm³/mol. The zero-order valence-corrected chi connectivity index (χ0v) is 18.1. The monoisotopic (exact) mass is 442 g/mol. The first-order valence-electron chi connectivity index (χ1n) is 9.97. The number of carbonyl (C=O) groups excluding carboxylic acids is 1. The molecule has 0 spiro atoms. The highest BCUT2D eigenvalue weighted by molar-refractivity contribution is 8.01. The summed E-state index contributed by atoms with van der Waals surface area (Å²) < 4.78 is 14.4. The third kappa shape index (κ3) is 5.58.